The Bertz CT molecular complexity index is 873. The molecule has 5 atom stereocenters. The summed E-state index contributed by atoms with van der Waals surface area (Å²) in [5.74, 6) is -1.45. The normalized spacial score (nSPS) is 26.3. The topological polar surface area (TPSA) is 157 Å². The lowest BCUT2D eigenvalue weighted by atomic mass is 10.00. The molecule has 1 fully saturated rings. The summed E-state index contributed by atoms with van der Waals surface area (Å²) >= 11 is 0. The van der Waals surface area contributed by atoms with Crippen LogP contribution >= 0.6 is 0 Å². The van der Waals surface area contributed by atoms with E-state index in [4.69, 9.17) is 9.47 Å². The van der Waals surface area contributed by atoms with Gasteiger partial charge in [-0.25, -0.2) is 0 Å². The second kappa shape index (κ2) is 8.88. The molecule has 9 nitrogen and oxygen atoms in total. The average Bonchev–Trinajstić information content (AvgIpc) is 2.69. The number of aryl methyl sites for hydroxylation is 1. The number of benzene rings is 2. The molecule has 9 heteroatoms. The first-order valence-corrected chi connectivity index (χ1v) is 9.40. The van der Waals surface area contributed by atoms with E-state index in [0.717, 1.165) is 17.7 Å². The van der Waals surface area contributed by atoms with Crippen LogP contribution in [0.4, 0.5) is 0 Å². The number of rotatable bonds is 6. The van der Waals surface area contributed by atoms with Crippen LogP contribution in [-0.2, 0) is 11.2 Å². The number of Topliss-reactive ketones (excluding diaryl/α,β-unsaturated/α-hetero) is 1. The first-order chi connectivity index (χ1) is 14.2. The fraction of sp³-hybridized carbons (Fsp3) is 0.381. The summed E-state index contributed by atoms with van der Waals surface area (Å²) < 4.78 is 10.9. The monoisotopic (exact) mass is 420 g/mol. The predicted octanol–water partition coefficient (Wildman–Crippen LogP) is 0.825. The fourth-order valence-electron chi connectivity index (χ4n) is 3.25. The van der Waals surface area contributed by atoms with Gasteiger partial charge in [-0.2, -0.15) is 0 Å². The highest BCUT2D eigenvalue weighted by Crippen LogP contribution is 2.33. The lowest BCUT2D eigenvalue weighted by molar-refractivity contribution is -0.268. The van der Waals surface area contributed by atoms with E-state index in [2.05, 4.69) is 0 Å². The Balaban J connectivity index is 1.59. The molecule has 0 aromatic heterocycles. The molecule has 0 amide bonds. The van der Waals surface area contributed by atoms with Crippen LogP contribution in [0.2, 0.25) is 0 Å². The first-order valence-electron chi connectivity index (χ1n) is 9.40. The molecule has 0 aliphatic carbocycles. The van der Waals surface area contributed by atoms with Crippen molar-refractivity contribution in [3.8, 4) is 23.0 Å². The molecule has 2 aromatic rings. The van der Waals surface area contributed by atoms with Crippen molar-refractivity contribution in [3.63, 3.8) is 0 Å². The highest BCUT2D eigenvalue weighted by Gasteiger charge is 2.43. The summed E-state index contributed by atoms with van der Waals surface area (Å²) in [6.45, 7) is 1.56. The van der Waals surface area contributed by atoms with Crippen LogP contribution in [0.25, 0.3) is 0 Å². The Morgan fingerprint density at radius 3 is 2.17 bits per heavy atom. The van der Waals surface area contributed by atoms with Crippen molar-refractivity contribution in [2.75, 3.05) is 0 Å². The number of ketones is 1. The number of aliphatic hydroxyl groups excluding tert-OH is 3. The van der Waals surface area contributed by atoms with E-state index in [1.807, 2.05) is 0 Å². The van der Waals surface area contributed by atoms with Gasteiger partial charge in [-0.15, -0.1) is 0 Å². The van der Waals surface area contributed by atoms with E-state index in [0.29, 0.717) is 12.2 Å². The predicted molar refractivity (Wildman–Crippen MR) is 104 cm³/mol. The third kappa shape index (κ3) is 4.65. The van der Waals surface area contributed by atoms with Crippen LogP contribution in [0.1, 0.15) is 29.3 Å². The molecule has 162 valence electrons. The first kappa shape index (κ1) is 21.8. The van der Waals surface area contributed by atoms with E-state index < -0.39 is 48.0 Å². The van der Waals surface area contributed by atoms with E-state index in [1.54, 1.807) is 31.2 Å². The molecule has 0 radical (unpaired) electrons. The third-order valence-electron chi connectivity index (χ3n) is 4.99. The third-order valence-corrected chi connectivity index (χ3v) is 4.99. The van der Waals surface area contributed by atoms with Gasteiger partial charge in [-0.1, -0.05) is 12.1 Å². The van der Waals surface area contributed by atoms with Crippen molar-refractivity contribution in [2.24, 2.45) is 0 Å². The fourth-order valence-corrected chi connectivity index (χ4v) is 3.25. The van der Waals surface area contributed by atoms with Crippen LogP contribution in [-0.4, -0.2) is 67.1 Å². The van der Waals surface area contributed by atoms with Crippen LogP contribution in [0.15, 0.2) is 36.4 Å². The van der Waals surface area contributed by atoms with Gasteiger partial charge < -0.3 is 40.1 Å². The number of aliphatic hydroxyl groups is 3. The van der Waals surface area contributed by atoms with Gasteiger partial charge in [0.05, 0.1) is 6.10 Å². The minimum Gasteiger partial charge on any atom is -0.508 e. The number of ether oxygens (including phenoxy) is 2. The molecule has 2 aromatic carbocycles. The van der Waals surface area contributed by atoms with Crippen LogP contribution in [0.3, 0.4) is 0 Å². The van der Waals surface area contributed by atoms with Crippen LogP contribution in [0, 0.1) is 0 Å². The zero-order valence-electron chi connectivity index (χ0n) is 16.2. The summed E-state index contributed by atoms with van der Waals surface area (Å²) in [5.41, 5.74) is 0.536. The highest BCUT2D eigenvalue weighted by atomic mass is 16.7. The maximum atomic E-state index is 12.3. The summed E-state index contributed by atoms with van der Waals surface area (Å²) in [5, 5.41) is 58.4. The summed E-state index contributed by atoms with van der Waals surface area (Å²) in [6.07, 6.45) is -5.55. The zero-order chi connectivity index (χ0) is 22.0. The average molecular weight is 420 g/mol. The number of phenolic OH excluding ortho intramolecular Hbond substituents is 3. The number of carbonyl (C=O) groups excluding carboxylic acids is 1. The Morgan fingerprint density at radius 1 is 0.967 bits per heavy atom. The minimum absolute atomic E-state index is 0.0120. The number of hydrogen-bond acceptors (Lipinski definition) is 9. The van der Waals surface area contributed by atoms with Crippen molar-refractivity contribution in [2.45, 2.75) is 50.5 Å². The molecule has 0 spiro atoms. The SMILES string of the molecule is C[C@@H]1OC(Oc2ccc(CCC(=O)c3c(O)cc(O)cc3O)cc2)[C@@H](O)[C@H](O)[C@@H]1O. The number of hydrogen-bond donors (Lipinski definition) is 6. The molecule has 1 aliphatic heterocycles. The van der Waals surface area contributed by atoms with Gasteiger partial charge in [0.1, 0.15) is 46.9 Å². The molecule has 0 bridgehead atoms. The Hall–Kier alpha value is -2.85. The number of phenols is 3. The van der Waals surface area contributed by atoms with Gasteiger partial charge in [0, 0.05) is 18.6 Å². The van der Waals surface area contributed by atoms with Gasteiger partial charge in [-0.3, -0.25) is 4.79 Å². The lowest BCUT2D eigenvalue weighted by Gasteiger charge is -2.38. The van der Waals surface area contributed by atoms with Gasteiger partial charge in [0.15, 0.2) is 5.78 Å². The smallest absolute Gasteiger partial charge is 0.229 e. The molecule has 1 saturated heterocycles. The molecule has 1 aliphatic rings. The maximum absolute atomic E-state index is 12.3. The zero-order valence-corrected chi connectivity index (χ0v) is 16.2. The Morgan fingerprint density at radius 2 is 1.57 bits per heavy atom. The van der Waals surface area contributed by atoms with Crippen LogP contribution < -0.4 is 4.74 Å². The van der Waals surface area contributed by atoms with Gasteiger partial charge in [0.25, 0.3) is 0 Å². The molecule has 30 heavy (non-hydrogen) atoms. The standard InChI is InChI=1S/C21H24O9/c1-10-18(26)19(27)20(28)21(29-10)30-13-5-2-11(3-6-13)4-7-14(23)17-15(24)8-12(22)9-16(17)25/h2-3,5-6,8-10,18-22,24-28H,4,7H2,1H3/t10-,18+,19+,20-,21?/m0/s1. The molecule has 1 unspecified atom stereocenters. The van der Waals surface area contributed by atoms with E-state index >= 15 is 0 Å². The second-order valence-electron chi connectivity index (χ2n) is 7.23. The Kier molecular flexibility index (Phi) is 6.47. The van der Waals surface area contributed by atoms with Gasteiger partial charge in [0.2, 0.25) is 6.29 Å². The molecule has 0 saturated carbocycles. The van der Waals surface area contributed by atoms with E-state index in [9.17, 15) is 35.4 Å². The van der Waals surface area contributed by atoms with Gasteiger partial charge >= 0.3 is 0 Å². The summed E-state index contributed by atoms with van der Waals surface area (Å²) in [6, 6.07) is 8.57. The summed E-state index contributed by atoms with van der Waals surface area (Å²) in [7, 11) is 0. The van der Waals surface area contributed by atoms with Crippen molar-refractivity contribution >= 4 is 5.78 Å². The van der Waals surface area contributed by atoms with Crippen molar-refractivity contribution in [3.05, 3.63) is 47.5 Å². The molecule has 1 heterocycles. The molecule has 6 N–H and O–H groups in total. The van der Waals surface area contributed by atoms with E-state index in [1.165, 1.54) is 0 Å². The minimum atomic E-state index is -1.42. The largest absolute Gasteiger partial charge is 0.508 e. The molecular weight excluding hydrogens is 396 g/mol. The highest BCUT2D eigenvalue weighted by molar-refractivity contribution is 6.01. The summed E-state index contributed by atoms with van der Waals surface area (Å²) in [4.78, 5) is 12.3. The van der Waals surface area contributed by atoms with Crippen molar-refractivity contribution in [1.82, 2.24) is 0 Å². The molecular formula is C21H24O9. The van der Waals surface area contributed by atoms with Crippen molar-refractivity contribution in [1.29, 1.82) is 0 Å². The van der Waals surface area contributed by atoms with E-state index in [-0.39, 0.29) is 17.7 Å². The van der Waals surface area contributed by atoms with Crippen LogP contribution in [0.5, 0.6) is 23.0 Å². The second-order valence-corrected chi connectivity index (χ2v) is 7.23. The van der Waals surface area contributed by atoms with Gasteiger partial charge in [-0.05, 0) is 31.0 Å². The van der Waals surface area contributed by atoms with Crippen molar-refractivity contribution < 1.29 is 44.9 Å². The Labute approximate surface area is 172 Å². The number of carbonyl (C=O) groups is 1. The number of aromatic hydroxyl groups is 3. The maximum Gasteiger partial charge on any atom is 0.229 e. The lowest BCUT2D eigenvalue weighted by Crippen LogP contribution is -2.58. The molecule has 3 rings (SSSR count). The quantitative estimate of drug-likeness (QED) is 0.372.